The standard InChI is InChI=1S/C26H21FN2O5/c1-2-33-23-15-18(12-13-22(23)34-16-17-8-4-3-5-9-17)14-19-24(30)28-26(32)29(25(19)31)21-11-7-6-10-20(21)27/h3-15H,2,16H2,1H3,(H,28,30,32)/b19-14-. The van der Waals surface area contributed by atoms with E-state index in [2.05, 4.69) is 5.32 Å². The van der Waals surface area contributed by atoms with Gasteiger partial charge in [0, 0.05) is 0 Å². The minimum absolute atomic E-state index is 0.247. The third kappa shape index (κ3) is 4.80. The first-order valence-corrected chi connectivity index (χ1v) is 10.6. The lowest BCUT2D eigenvalue weighted by atomic mass is 10.1. The van der Waals surface area contributed by atoms with Crippen LogP contribution in [0.15, 0.2) is 78.4 Å². The van der Waals surface area contributed by atoms with E-state index in [1.54, 1.807) is 18.2 Å². The normalized spacial score (nSPS) is 14.8. The molecule has 4 amide bonds. The van der Waals surface area contributed by atoms with Crippen molar-refractivity contribution in [2.45, 2.75) is 13.5 Å². The monoisotopic (exact) mass is 460 g/mol. The van der Waals surface area contributed by atoms with E-state index in [0.29, 0.717) is 35.2 Å². The first kappa shape index (κ1) is 22.7. The van der Waals surface area contributed by atoms with Crippen LogP contribution in [-0.2, 0) is 16.2 Å². The average molecular weight is 460 g/mol. The van der Waals surface area contributed by atoms with Gasteiger partial charge in [-0.25, -0.2) is 14.1 Å². The Balaban J connectivity index is 1.63. The van der Waals surface area contributed by atoms with Crippen molar-refractivity contribution in [2.75, 3.05) is 11.5 Å². The van der Waals surface area contributed by atoms with Gasteiger partial charge in [-0.1, -0.05) is 48.5 Å². The second-order valence-electron chi connectivity index (χ2n) is 7.32. The summed E-state index contributed by atoms with van der Waals surface area (Å²) in [6.07, 6.45) is 1.32. The number of benzene rings is 3. The van der Waals surface area contributed by atoms with Gasteiger partial charge in [-0.2, -0.15) is 0 Å². The second kappa shape index (κ2) is 9.99. The molecule has 7 nitrogen and oxygen atoms in total. The lowest BCUT2D eigenvalue weighted by Gasteiger charge is -2.26. The Labute approximate surface area is 195 Å². The highest BCUT2D eigenvalue weighted by atomic mass is 19.1. The topological polar surface area (TPSA) is 84.9 Å². The number of hydrogen-bond donors (Lipinski definition) is 1. The van der Waals surface area contributed by atoms with Crippen molar-refractivity contribution in [2.24, 2.45) is 0 Å². The van der Waals surface area contributed by atoms with Gasteiger partial charge in [-0.05, 0) is 48.4 Å². The zero-order valence-corrected chi connectivity index (χ0v) is 18.3. The zero-order chi connectivity index (χ0) is 24.1. The van der Waals surface area contributed by atoms with Gasteiger partial charge in [-0.3, -0.25) is 14.9 Å². The van der Waals surface area contributed by atoms with Crippen molar-refractivity contribution < 1.29 is 28.2 Å². The highest BCUT2D eigenvalue weighted by Gasteiger charge is 2.37. The minimum atomic E-state index is -1.02. The van der Waals surface area contributed by atoms with Crippen LogP contribution >= 0.6 is 0 Å². The predicted molar refractivity (Wildman–Crippen MR) is 124 cm³/mol. The van der Waals surface area contributed by atoms with Crippen molar-refractivity contribution in [1.29, 1.82) is 0 Å². The number of para-hydroxylation sites is 1. The molecule has 0 aliphatic carbocycles. The number of urea groups is 1. The Bertz CT molecular complexity index is 1270. The van der Waals surface area contributed by atoms with E-state index in [0.717, 1.165) is 11.6 Å². The minimum Gasteiger partial charge on any atom is -0.490 e. The highest BCUT2D eigenvalue weighted by molar-refractivity contribution is 6.39. The highest BCUT2D eigenvalue weighted by Crippen LogP contribution is 2.31. The number of ether oxygens (including phenoxy) is 2. The number of imide groups is 2. The summed E-state index contributed by atoms with van der Waals surface area (Å²) in [5, 5.41) is 2.08. The molecule has 4 rings (SSSR count). The number of carbonyl (C=O) groups excluding carboxylic acids is 3. The molecule has 0 saturated carbocycles. The molecular weight excluding hydrogens is 439 g/mol. The van der Waals surface area contributed by atoms with E-state index < -0.39 is 23.7 Å². The summed E-state index contributed by atoms with van der Waals surface area (Å²) >= 11 is 0. The first-order chi connectivity index (χ1) is 16.5. The average Bonchev–Trinajstić information content (AvgIpc) is 2.83. The molecule has 0 unspecified atom stereocenters. The van der Waals surface area contributed by atoms with Crippen molar-refractivity contribution >= 4 is 29.6 Å². The van der Waals surface area contributed by atoms with Gasteiger partial charge in [0.25, 0.3) is 11.8 Å². The Kier molecular flexibility index (Phi) is 6.68. The molecule has 1 heterocycles. The molecule has 0 bridgehead atoms. The maximum atomic E-state index is 14.2. The van der Waals surface area contributed by atoms with Crippen LogP contribution in [0, 0.1) is 5.82 Å². The number of anilines is 1. The van der Waals surface area contributed by atoms with Crippen molar-refractivity contribution in [1.82, 2.24) is 5.32 Å². The van der Waals surface area contributed by atoms with Gasteiger partial charge in [-0.15, -0.1) is 0 Å². The summed E-state index contributed by atoms with van der Waals surface area (Å²) in [6, 6.07) is 18.9. The van der Waals surface area contributed by atoms with Gasteiger partial charge in [0.15, 0.2) is 11.5 Å². The summed E-state index contributed by atoms with van der Waals surface area (Å²) in [6.45, 7) is 2.53. The lowest BCUT2D eigenvalue weighted by molar-refractivity contribution is -0.122. The number of carbonyl (C=O) groups is 3. The third-order valence-electron chi connectivity index (χ3n) is 5.01. The van der Waals surface area contributed by atoms with Crippen LogP contribution in [0.5, 0.6) is 11.5 Å². The van der Waals surface area contributed by atoms with Gasteiger partial charge >= 0.3 is 6.03 Å². The zero-order valence-electron chi connectivity index (χ0n) is 18.3. The van der Waals surface area contributed by atoms with Crippen LogP contribution in [0.2, 0.25) is 0 Å². The van der Waals surface area contributed by atoms with E-state index >= 15 is 0 Å². The Morgan fingerprint density at radius 1 is 0.912 bits per heavy atom. The fourth-order valence-corrected chi connectivity index (χ4v) is 3.41. The number of nitrogens with one attached hydrogen (secondary N) is 1. The molecule has 0 aromatic heterocycles. The fraction of sp³-hybridized carbons (Fsp3) is 0.115. The van der Waals surface area contributed by atoms with Crippen molar-refractivity contribution in [3.63, 3.8) is 0 Å². The van der Waals surface area contributed by atoms with Crippen molar-refractivity contribution in [3.8, 4) is 11.5 Å². The summed E-state index contributed by atoms with van der Waals surface area (Å²) in [7, 11) is 0. The molecule has 1 aliphatic rings. The Morgan fingerprint density at radius 2 is 1.65 bits per heavy atom. The Hall–Kier alpha value is -4.46. The molecule has 0 atom stereocenters. The van der Waals surface area contributed by atoms with Crippen LogP contribution in [0.1, 0.15) is 18.1 Å². The molecule has 172 valence electrons. The van der Waals surface area contributed by atoms with Crippen LogP contribution in [0.4, 0.5) is 14.9 Å². The van der Waals surface area contributed by atoms with Crippen LogP contribution in [-0.4, -0.2) is 24.5 Å². The summed E-state index contributed by atoms with van der Waals surface area (Å²) in [5.41, 5.74) is 0.890. The quantitative estimate of drug-likeness (QED) is 0.415. The number of amides is 4. The molecule has 0 spiro atoms. The molecule has 34 heavy (non-hydrogen) atoms. The molecule has 1 saturated heterocycles. The smallest absolute Gasteiger partial charge is 0.336 e. The van der Waals surface area contributed by atoms with Gasteiger partial charge in [0.1, 0.15) is 18.0 Å². The number of rotatable bonds is 7. The molecule has 3 aromatic rings. The van der Waals surface area contributed by atoms with E-state index in [1.807, 2.05) is 37.3 Å². The third-order valence-corrected chi connectivity index (χ3v) is 5.01. The molecule has 8 heteroatoms. The van der Waals surface area contributed by atoms with Crippen molar-refractivity contribution in [3.05, 3.63) is 95.3 Å². The molecule has 0 radical (unpaired) electrons. The fourth-order valence-electron chi connectivity index (χ4n) is 3.41. The molecule has 1 fully saturated rings. The summed E-state index contributed by atoms with van der Waals surface area (Å²) < 4.78 is 25.8. The van der Waals surface area contributed by atoms with E-state index in [1.165, 1.54) is 24.3 Å². The van der Waals surface area contributed by atoms with Crippen LogP contribution in [0.3, 0.4) is 0 Å². The SMILES string of the molecule is CCOc1cc(/C=C2/C(=O)NC(=O)N(c3ccccc3F)C2=O)ccc1OCc1ccccc1. The summed E-state index contributed by atoms with van der Waals surface area (Å²) in [4.78, 5) is 38.3. The van der Waals surface area contributed by atoms with Crippen LogP contribution < -0.4 is 19.7 Å². The van der Waals surface area contributed by atoms with Gasteiger partial charge in [0.05, 0.1) is 12.3 Å². The number of halogens is 1. The van der Waals surface area contributed by atoms with Crippen LogP contribution in [0.25, 0.3) is 6.08 Å². The lowest BCUT2D eigenvalue weighted by Crippen LogP contribution is -2.54. The molecule has 3 aromatic carbocycles. The van der Waals surface area contributed by atoms with E-state index in [9.17, 15) is 18.8 Å². The molecule has 1 aliphatic heterocycles. The number of barbiturate groups is 1. The van der Waals surface area contributed by atoms with E-state index in [-0.39, 0.29) is 11.3 Å². The predicted octanol–water partition coefficient (Wildman–Crippen LogP) is 4.47. The number of nitrogens with zero attached hydrogens (tertiary/aromatic N) is 1. The van der Waals surface area contributed by atoms with Gasteiger partial charge < -0.3 is 9.47 Å². The largest absolute Gasteiger partial charge is 0.490 e. The molecule has 1 N–H and O–H groups in total. The van der Waals surface area contributed by atoms with E-state index in [4.69, 9.17) is 9.47 Å². The first-order valence-electron chi connectivity index (χ1n) is 10.6. The summed E-state index contributed by atoms with van der Waals surface area (Å²) in [5.74, 6) is -1.64. The maximum Gasteiger partial charge on any atom is 0.336 e. The Morgan fingerprint density at radius 3 is 2.38 bits per heavy atom. The number of hydrogen-bond acceptors (Lipinski definition) is 5. The maximum absolute atomic E-state index is 14.2. The molecular formula is C26H21FN2O5. The van der Waals surface area contributed by atoms with Gasteiger partial charge in [0.2, 0.25) is 0 Å². The second-order valence-corrected chi connectivity index (χ2v) is 7.32.